The van der Waals surface area contributed by atoms with Gasteiger partial charge in [-0.3, -0.25) is 0 Å². The van der Waals surface area contributed by atoms with E-state index in [-0.39, 0.29) is 10.6 Å². The van der Waals surface area contributed by atoms with Crippen molar-refractivity contribution in [2.45, 2.75) is 13.3 Å². The van der Waals surface area contributed by atoms with Gasteiger partial charge in [0.2, 0.25) is 0 Å². The van der Waals surface area contributed by atoms with Crippen LogP contribution in [0.5, 0.6) is 0 Å². The highest BCUT2D eigenvalue weighted by atomic mass is 35.5. The van der Waals surface area contributed by atoms with E-state index in [1.54, 1.807) is 18.2 Å². The molecule has 0 amide bonds. The SMILES string of the molecule is C=CCc1c(C)nc(-c2ccc(Cl)s2)nc1Nc1ccc(C(=O)O)cc1Cl. The van der Waals surface area contributed by atoms with Crippen LogP contribution in [-0.2, 0) is 6.42 Å². The molecule has 0 fully saturated rings. The monoisotopic (exact) mass is 419 g/mol. The van der Waals surface area contributed by atoms with Crippen molar-refractivity contribution < 1.29 is 9.90 Å². The molecule has 138 valence electrons. The number of rotatable bonds is 6. The zero-order chi connectivity index (χ0) is 19.6. The van der Waals surface area contributed by atoms with Crippen LogP contribution in [0.15, 0.2) is 43.0 Å². The molecule has 2 N–H and O–H groups in total. The summed E-state index contributed by atoms with van der Waals surface area (Å²) in [6, 6.07) is 8.16. The van der Waals surface area contributed by atoms with Gasteiger partial charge in [0, 0.05) is 11.3 Å². The van der Waals surface area contributed by atoms with Crippen LogP contribution in [0.4, 0.5) is 11.5 Å². The van der Waals surface area contributed by atoms with Crippen molar-refractivity contribution in [2.75, 3.05) is 5.32 Å². The highest BCUT2D eigenvalue weighted by Crippen LogP contribution is 2.33. The molecule has 0 unspecified atom stereocenters. The van der Waals surface area contributed by atoms with Gasteiger partial charge >= 0.3 is 5.97 Å². The van der Waals surface area contributed by atoms with Crippen molar-refractivity contribution in [3.05, 3.63) is 69.2 Å². The molecule has 8 heteroatoms. The minimum Gasteiger partial charge on any atom is -0.478 e. The minimum atomic E-state index is -1.04. The van der Waals surface area contributed by atoms with Gasteiger partial charge in [-0.15, -0.1) is 17.9 Å². The lowest BCUT2D eigenvalue weighted by molar-refractivity contribution is 0.0697. The molecule has 0 bridgehead atoms. The van der Waals surface area contributed by atoms with E-state index in [9.17, 15) is 4.79 Å². The average molecular weight is 420 g/mol. The molecule has 0 aliphatic rings. The number of aryl methyl sites for hydroxylation is 1. The molecule has 2 heterocycles. The molecular formula is C19H15Cl2N3O2S. The molecule has 5 nitrogen and oxygen atoms in total. The third kappa shape index (κ3) is 4.30. The smallest absolute Gasteiger partial charge is 0.335 e. The Morgan fingerprint density at radius 1 is 1.30 bits per heavy atom. The first-order valence-electron chi connectivity index (χ1n) is 7.93. The number of hydrogen-bond donors (Lipinski definition) is 2. The second-order valence-electron chi connectivity index (χ2n) is 5.68. The topological polar surface area (TPSA) is 75.1 Å². The summed E-state index contributed by atoms with van der Waals surface area (Å²) in [4.78, 5) is 21.2. The van der Waals surface area contributed by atoms with Crippen LogP contribution < -0.4 is 5.32 Å². The van der Waals surface area contributed by atoms with Gasteiger partial charge < -0.3 is 10.4 Å². The van der Waals surface area contributed by atoms with Crippen LogP contribution in [0.2, 0.25) is 9.36 Å². The number of allylic oxidation sites excluding steroid dienone is 1. The summed E-state index contributed by atoms with van der Waals surface area (Å²) in [7, 11) is 0. The Labute approximate surface area is 170 Å². The van der Waals surface area contributed by atoms with Gasteiger partial charge in [-0.25, -0.2) is 14.8 Å². The maximum atomic E-state index is 11.1. The molecule has 0 spiro atoms. The van der Waals surface area contributed by atoms with Crippen molar-refractivity contribution in [1.82, 2.24) is 9.97 Å². The van der Waals surface area contributed by atoms with E-state index in [1.807, 2.05) is 13.0 Å². The quantitative estimate of drug-likeness (QED) is 0.479. The molecule has 27 heavy (non-hydrogen) atoms. The van der Waals surface area contributed by atoms with Crippen molar-refractivity contribution in [3.63, 3.8) is 0 Å². The van der Waals surface area contributed by atoms with E-state index in [1.165, 1.54) is 23.5 Å². The van der Waals surface area contributed by atoms with E-state index >= 15 is 0 Å². The lowest BCUT2D eigenvalue weighted by Crippen LogP contribution is -2.06. The van der Waals surface area contributed by atoms with E-state index in [0.29, 0.717) is 28.1 Å². The molecule has 0 atom stereocenters. The van der Waals surface area contributed by atoms with Gasteiger partial charge in [0.25, 0.3) is 0 Å². The highest BCUT2D eigenvalue weighted by molar-refractivity contribution is 7.19. The molecule has 0 radical (unpaired) electrons. The molecule has 2 aromatic heterocycles. The van der Waals surface area contributed by atoms with E-state index in [0.717, 1.165) is 16.1 Å². The Hall–Kier alpha value is -2.41. The molecule has 0 saturated heterocycles. The second-order valence-corrected chi connectivity index (χ2v) is 7.80. The number of aromatic nitrogens is 2. The molecular weight excluding hydrogens is 405 g/mol. The third-order valence-electron chi connectivity index (χ3n) is 3.83. The predicted octanol–water partition coefficient (Wildman–Crippen LogP) is 5.99. The first kappa shape index (κ1) is 19.4. The Balaban J connectivity index is 2.06. The van der Waals surface area contributed by atoms with Crippen molar-refractivity contribution >= 4 is 52.0 Å². The summed E-state index contributed by atoms with van der Waals surface area (Å²) < 4.78 is 0.656. The van der Waals surface area contributed by atoms with Crippen LogP contribution in [0, 0.1) is 6.92 Å². The van der Waals surface area contributed by atoms with Crippen molar-refractivity contribution in [2.24, 2.45) is 0 Å². The summed E-state index contributed by atoms with van der Waals surface area (Å²) >= 11 is 13.7. The summed E-state index contributed by atoms with van der Waals surface area (Å²) in [6.07, 6.45) is 2.35. The first-order chi connectivity index (χ1) is 12.9. The number of hydrogen-bond acceptors (Lipinski definition) is 5. The van der Waals surface area contributed by atoms with E-state index in [4.69, 9.17) is 28.3 Å². The van der Waals surface area contributed by atoms with Crippen LogP contribution >= 0.6 is 34.5 Å². The van der Waals surface area contributed by atoms with Gasteiger partial charge in [0.1, 0.15) is 5.82 Å². The standard InChI is InChI=1S/C19H15Cl2N3O2S/c1-3-4-12-10(2)22-18(15-7-8-16(21)27-15)24-17(12)23-14-6-5-11(19(25)26)9-13(14)20/h3,5-9H,1,4H2,2H3,(H,25,26)(H,22,23,24). The number of carbonyl (C=O) groups is 1. The number of carboxylic acids is 1. The number of anilines is 2. The number of nitrogens with zero attached hydrogens (tertiary/aromatic N) is 2. The maximum Gasteiger partial charge on any atom is 0.335 e. The number of aromatic carboxylic acids is 1. The number of carboxylic acid groups (broad SMARTS) is 1. The van der Waals surface area contributed by atoms with Gasteiger partial charge in [0.05, 0.1) is 25.5 Å². The van der Waals surface area contributed by atoms with Crippen LogP contribution in [0.1, 0.15) is 21.6 Å². The Bertz CT molecular complexity index is 1030. The largest absolute Gasteiger partial charge is 0.478 e. The van der Waals surface area contributed by atoms with Crippen molar-refractivity contribution in [3.8, 4) is 10.7 Å². The fraction of sp³-hybridized carbons (Fsp3) is 0.105. The summed E-state index contributed by atoms with van der Waals surface area (Å²) in [5.74, 6) is 0.107. The lowest BCUT2D eigenvalue weighted by atomic mass is 10.1. The summed E-state index contributed by atoms with van der Waals surface area (Å²) in [6.45, 7) is 5.69. The number of benzene rings is 1. The Morgan fingerprint density at radius 2 is 2.07 bits per heavy atom. The zero-order valence-electron chi connectivity index (χ0n) is 14.3. The van der Waals surface area contributed by atoms with Crippen LogP contribution in [-0.4, -0.2) is 21.0 Å². The fourth-order valence-corrected chi connectivity index (χ4v) is 3.71. The first-order valence-corrected chi connectivity index (χ1v) is 9.50. The van der Waals surface area contributed by atoms with Crippen molar-refractivity contribution in [1.29, 1.82) is 0 Å². The van der Waals surface area contributed by atoms with E-state index < -0.39 is 5.97 Å². The van der Waals surface area contributed by atoms with Gasteiger partial charge in [-0.1, -0.05) is 29.3 Å². The number of nitrogens with one attached hydrogen (secondary N) is 1. The van der Waals surface area contributed by atoms with Gasteiger partial charge in [-0.05, 0) is 43.7 Å². The number of thiophene rings is 1. The minimum absolute atomic E-state index is 0.115. The zero-order valence-corrected chi connectivity index (χ0v) is 16.6. The second kappa shape index (κ2) is 8.08. The predicted molar refractivity (Wildman–Crippen MR) is 111 cm³/mol. The van der Waals surface area contributed by atoms with Crippen LogP contribution in [0.25, 0.3) is 10.7 Å². The summed E-state index contributed by atoms with van der Waals surface area (Å²) in [5.41, 5.74) is 2.37. The maximum absolute atomic E-state index is 11.1. The summed E-state index contributed by atoms with van der Waals surface area (Å²) in [5, 5.41) is 12.6. The molecule has 0 aliphatic heterocycles. The molecule has 0 saturated carbocycles. The molecule has 1 aromatic carbocycles. The third-order valence-corrected chi connectivity index (χ3v) is 5.36. The lowest BCUT2D eigenvalue weighted by Gasteiger charge is -2.15. The fourth-order valence-electron chi connectivity index (χ4n) is 2.51. The Kier molecular flexibility index (Phi) is 5.79. The van der Waals surface area contributed by atoms with Crippen LogP contribution in [0.3, 0.4) is 0 Å². The molecule has 3 aromatic rings. The average Bonchev–Trinajstić information content (AvgIpc) is 3.05. The van der Waals surface area contributed by atoms with Gasteiger partial charge in [-0.2, -0.15) is 0 Å². The van der Waals surface area contributed by atoms with E-state index in [2.05, 4.69) is 21.9 Å². The highest BCUT2D eigenvalue weighted by Gasteiger charge is 2.15. The number of halogens is 2. The normalized spacial score (nSPS) is 10.6. The van der Waals surface area contributed by atoms with Gasteiger partial charge in [0.15, 0.2) is 5.82 Å². The molecule has 0 aliphatic carbocycles. The molecule has 3 rings (SSSR count). The Morgan fingerprint density at radius 3 is 2.67 bits per heavy atom.